The third-order valence-corrected chi connectivity index (χ3v) is 3.91. The number of nitrogens with one attached hydrogen (secondary N) is 1. The van der Waals surface area contributed by atoms with Crippen molar-refractivity contribution in [2.24, 2.45) is 10.9 Å². The van der Waals surface area contributed by atoms with E-state index in [9.17, 15) is 0 Å². The Labute approximate surface area is 94.3 Å². The predicted octanol–water partition coefficient (Wildman–Crippen LogP) is 2.50. The minimum Gasteiger partial charge on any atom is -0.467 e. The topological polar surface area (TPSA) is 37.5 Å². The van der Waals surface area contributed by atoms with Crippen LogP contribution in [0.5, 0.6) is 0 Å². The number of hydrogen-bond donors (Lipinski definition) is 1. The highest BCUT2D eigenvalue weighted by Crippen LogP contribution is 2.25. The fourth-order valence-electron chi connectivity index (χ4n) is 1.41. The molecule has 0 aromatic carbocycles. The van der Waals surface area contributed by atoms with Crippen LogP contribution in [-0.2, 0) is 6.54 Å². The van der Waals surface area contributed by atoms with Crippen LogP contribution in [0.1, 0.15) is 19.6 Å². The molecule has 0 radical (unpaired) electrons. The third kappa shape index (κ3) is 2.78. The standard InChI is InChI=1S/C11H16N2OS/c1-8(2)10-7-13-11(15-10)12-6-9-4-3-5-14-9/h3-5,8,10H,6-7H2,1-2H3,(H,12,13). The monoisotopic (exact) mass is 224 g/mol. The van der Waals surface area contributed by atoms with Gasteiger partial charge in [0.2, 0.25) is 0 Å². The SMILES string of the molecule is CC(C)C1CN=C(NCc2ccco2)S1. The molecule has 15 heavy (non-hydrogen) atoms. The summed E-state index contributed by atoms with van der Waals surface area (Å²) in [5.41, 5.74) is 0. The van der Waals surface area contributed by atoms with Gasteiger partial charge in [-0.05, 0) is 18.1 Å². The summed E-state index contributed by atoms with van der Waals surface area (Å²) >= 11 is 1.84. The van der Waals surface area contributed by atoms with Crippen molar-refractivity contribution in [1.82, 2.24) is 5.32 Å². The van der Waals surface area contributed by atoms with Gasteiger partial charge in [-0.1, -0.05) is 25.6 Å². The molecule has 0 saturated carbocycles. The smallest absolute Gasteiger partial charge is 0.157 e. The minimum absolute atomic E-state index is 0.629. The van der Waals surface area contributed by atoms with E-state index in [0.29, 0.717) is 11.2 Å². The van der Waals surface area contributed by atoms with Crippen LogP contribution in [0.25, 0.3) is 0 Å². The van der Waals surface area contributed by atoms with Gasteiger partial charge in [-0.3, -0.25) is 4.99 Å². The van der Waals surface area contributed by atoms with Crippen molar-refractivity contribution < 1.29 is 4.42 Å². The largest absolute Gasteiger partial charge is 0.467 e. The quantitative estimate of drug-likeness (QED) is 0.857. The molecule has 0 spiro atoms. The third-order valence-electron chi connectivity index (χ3n) is 2.42. The molecule has 1 N–H and O–H groups in total. The number of amidine groups is 1. The van der Waals surface area contributed by atoms with Gasteiger partial charge in [0.05, 0.1) is 19.4 Å². The second kappa shape index (κ2) is 4.75. The molecule has 1 aromatic heterocycles. The molecule has 2 heterocycles. The van der Waals surface area contributed by atoms with Crippen LogP contribution in [0.4, 0.5) is 0 Å². The molecule has 1 aliphatic heterocycles. The molecular weight excluding hydrogens is 208 g/mol. The zero-order valence-corrected chi connectivity index (χ0v) is 9.88. The van der Waals surface area contributed by atoms with Crippen LogP contribution in [0.3, 0.4) is 0 Å². The lowest BCUT2D eigenvalue weighted by molar-refractivity contribution is 0.504. The maximum Gasteiger partial charge on any atom is 0.157 e. The average molecular weight is 224 g/mol. The molecule has 3 nitrogen and oxygen atoms in total. The van der Waals surface area contributed by atoms with Gasteiger partial charge < -0.3 is 9.73 Å². The second-order valence-corrected chi connectivity index (χ2v) is 5.21. The predicted molar refractivity (Wildman–Crippen MR) is 64.1 cm³/mol. The summed E-state index contributed by atoms with van der Waals surface area (Å²) in [6, 6.07) is 3.87. The van der Waals surface area contributed by atoms with E-state index in [1.807, 2.05) is 23.9 Å². The molecule has 1 aromatic rings. The summed E-state index contributed by atoms with van der Waals surface area (Å²) in [4.78, 5) is 4.46. The molecule has 4 heteroatoms. The van der Waals surface area contributed by atoms with Crippen LogP contribution < -0.4 is 5.32 Å². The molecule has 1 aliphatic rings. The molecule has 2 rings (SSSR count). The minimum atomic E-state index is 0.629. The van der Waals surface area contributed by atoms with Crippen LogP contribution in [-0.4, -0.2) is 17.0 Å². The summed E-state index contributed by atoms with van der Waals surface area (Å²) in [5.74, 6) is 1.63. The molecule has 0 amide bonds. The first-order valence-corrected chi connectivity index (χ1v) is 6.11. The molecule has 0 fully saturated rings. The fourth-order valence-corrected chi connectivity index (χ4v) is 2.42. The molecule has 0 saturated heterocycles. The number of nitrogens with zero attached hydrogens (tertiary/aromatic N) is 1. The zero-order chi connectivity index (χ0) is 10.7. The normalized spacial score (nSPS) is 20.7. The highest BCUT2D eigenvalue weighted by atomic mass is 32.2. The van der Waals surface area contributed by atoms with Crippen LogP contribution in [0, 0.1) is 5.92 Å². The number of thioether (sulfide) groups is 1. The van der Waals surface area contributed by atoms with E-state index >= 15 is 0 Å². The van der Waals surface area contributed by atoms with Gasteiger partial charge >= 0.3 is 0 Å². The molecule has 1 atom stereocenters. The lowest BCUT2D eigenvalue weighted by atomic mass is 10.1. The molecule has 1 unspecified atom stereocenters. The van der Waals surface area contributed by atoms with Crippen molar-refractivity contribution in [2.75, 3.05) is 6.54 Å². The molecule has 0 bridgehead atoms. The van der Waals surface area contributed by atoms with Gasteiger partial charge in [-0.25, -0.2) is 0 Å². The van der Waals surface area contributed by atoms with Crippen molar-refractivity contribution in [3.8, 4) is 0 Å². The zero-order valence-electron chi connectivity index (χ0n) is 9.06. The first-order valence-electron chi connectivity index (χ1n) is 5.23. The summed E-state index contributed by atoms with van der Waals surface area (Å²) < 4.78 is 5.24. The Kier molecular flexibility index (Phi) is 3.36. The number of furan rings is 1. The van der Waals surface area contributed by atoms with E-state index in [2.05, 4.69) is 24.2 Å². The summed E-state index contributed by atoms with van der Waals surface area (Å²) in [7, 11) is 0. The summed E-state index contributed by atoms with van der Waals surface area (Å²) in [5, 5.41) is 4.96. The number of rotatable bonds is 3. The Morgan fingerprint density at radius 3 is 3.13 bits per heavy atom. The van der Waals surface area contributed by atoms with E-state index in [-0.39, 0.29) is 0 Å². The van der Waals surface area contributed by atoms with Crippen LogP contribution in [0.2, 0.25) is 0 Å². The maximum absolute atomic E-state index is 5.24. The Bertz CT molecular complexity index is 332. The van der Waals surface area contributed by atoms with E-state index in [1.165, 1.54) is 0 Å². The molecule has 82 valence electrons. The Morgan fingerprint density at radius 1 is 1.67 bits per heavy atom. The lowest BCUT2D eigenvalue weighted by Crippen LogP contribution is -2.19. The summed E-state index contributed by atoms with van der Waals surface area (Å²) in [6.07, 6.45) is 1.69. The van der Waals surface area contributed by atoms with Crippen LogP contribution >= 0.6 is 11.8 Å². The van der Waals surface area contributed by atoms with E-state index in [4.69, 9.17) is 4.42 Å². The number of aliphatic imine (C=N–C) groups is 1. The van der Waals surface area contributed by atoms with Gasteiger partial charge in [0.15, 0.2) is 5.17 Å². The van der Waals surface area contributed by atoms with Crippen molar-refractivity contribution in [1.29, 1.82) is 0 Å². The van der Waals surface area contributed by atoms with Gasteiger partial charge in [0, 0.05) is 5.25 Å². The highest BCUT2D eigenvalue weighted by molar-refractivity contribution is 8.14. The van der Waals surface area contributed by atoms with Crippen molar-refractivity contribution in [3.63, 3.8) is 0 Å². The number of hydrogen-bond acceptors (Lipinski definition) is 4. The Hall–Kier alpha value is -0.900. The Balaban J connectivity index is 1.78. The van der Waals surface area contributed by atoms with Gasteiger partial charge in [-0.2, -0.15) is 0 Å². The Morgan fingerprint density at radius 2 is 2.53 bits per heavy atom. The van der Waals surface area contributed by atoms with Crippen molar-refractivity contribution in [3.05, 3.63) is 24.2 Å². The van der Waals surface area contributed by atoms with E-state index in [1.54, 1.807) is 6.26 Å². The summed E-state index contributed by atoms with van der Waals surface area (Å²) in [6.45, 7) is 6.14. The van der Waals surface area contributed by atoms with Gasteiger partial charge in [0.1, 0.15) is 5.76 Å². The van der Waals surface area contributed by atoms with E-state index < -0.39 is 0 Å². The second-order valence-electron chi connectivity index (χ2n) is 3.98. The van der Waals surface area contributed by atoms with Crippen molar-refractivity contribution in [2.45, 2.75) is 25.6 Å². The van der Waals surface area contributed by atoms with Crippen molar-refractivity contribution >= 4 is 16.9 Å². The first kappa shape index (κ1) is 10.6. The molecular formula is C11H16N2OS. The lowest BCUT2D eigenvalue weighted by Gasteiger charge is -2.11. The van der Waals surface area contributed by atoms with Crippen LogP contribution in [0.15, 0.2) is 27.8 Å². The maximum atomic E-state index is 5.24. The van der Waals surface area contributed by atoms with Gasteiger partial charge in [-0.15, -0.1) is 0 Å². The molecule has 0 aliphatic carbocycles. The average Bonchev–Trinajstić information content (AvgIpc) is 2.86. The van der Waals surface area contributed by atoms with Gasteiger partial charge in [0.25, 0.3) is 0 Å². The fraction of sp³-hybridized carbons (Fsp3) is 0.545. The highest BCUT2D eigenvalue weighted by Gasteiger charge is 2.22. The van der Waals surface area contributed by atoms with E-state index in [0.717, 1.165) is 24.0 Å². The first-order chi connectivity index (χ1) is 7.25.